The third kappa shape index (κ3) is 2.90. The number of nitrogens with one attached hydrogen (secondary N) is 1. The molecule has 0 aliphatic carbocycles. The molecule has 90 valence electrons. The van der Waals surface area contributed by atoms with E-state index in [4.69, 9.17) is 4.42 Å². The molecule has 0 bridgehead atoms. The van der Waals surface area contributed by atoms with Gasteiger partial charge < -0.3 is 9.73 Å². The Hall–Kier alpha value is -1.70. The third-order valence-electron chi connectivity index (χ3n) is 2.98. The molecule has 0 amide bonds. The Morgan fingerprint density at radius 1 is 1.06 bits per heavy atom. The Morgan fingerprint density at radius 3 is 2.53 bits per heavy atom. The predicted octanol–water partition coefficient (Wildman–Crippen LogP) is 4.58. The van der Waals surface area contributed by atoms with Crippen LogP contribution in [0.15, 0.2) is 47.3 Å². The summed E-state index contributed by atoms with van der Waals surface area (Å²) in [5.74, 6) is 0.556. The van der Waals surface area contributed by atoms with E-state index in [1.54, 1.807) is 12.5 Å². The van der Waals surface area contributed by atoms with Gasteiger partial charge in [-0.25, -0.2) is 0 Å². The van der Waals surface area contributed by atoms with Crippen molar-refractivity contribution in [3.63, 3.8) is 0 Å². The van der Waals surface area contributed by atoms with Gasteiger partial charge in [0.05, 0.1) is 18.6 Å². The largest absolute Gasteiger partial charge is 0.472 e. The first-order valence-corrected chi connectivity index (χ1v) is 6.05. The summed E-state index contributed by atoms with van der Waals surface area (Å²) in [7, 11) is 0. The highest BCUT2D eigenvalue weighted by Gasteiger charge is 2.07. The molecular formula is C15H19NO. The zero-order valence-corrected chi connectivity index (χ0v) is 10.6. The summed E-state index contributed by atoms with van der Waals surface area (Å²) in [4.78, 5) is 0. The van der Waals surface area contributed by atoms with Crippen molar-refractivity contribution in [1.82, 2.24) is 0 Å². The van der Waals surface area contributed by atoms with Crippen LogP contribution in [-0.2, 0) is 0 Å². The lowest BCUT2D eigenvalue weighted by Gasteiger charge is -2.15. The standard InChI is InChI=1S/C15H19NO/c1-11(2)13-5-4-6-15(9-13)16-12(3)14-7-8-17-10-14/h4-12,16H,1-3H3. The summed E-state index contributed by atoms with van der Waals surface area (Å²) in [5.41, 5.74) is 3.68. The second-order valence-electron chi connectivity index (χ2n) is 4.70. The summed E-state index contributed by atoms with van der Waals surface area (Å²) in [6.45, 7) is 6.55. The Balaban J connectivity index is 2.11. The van der Waals surface area contributed by atoms with Crippen LogP contribution >= 0.6 is 0 Å². The minimum Gasteiger partial charge on any atom is -0.472 e. The van der Waals surface area contributed by atoms with Gasteiger partial charge in [-0.3, -0.25) is 0 Å². The van der Waals surface area contributed by atoms with Gasteiger partial charge >= 0.3 is 0 Å². The SMILES string of the molecule is CC(C)c1cccc(NC(C)c2ccoc2)c1. The fourth-order valence-electron chi connectivity index (χ4n) is 1.84. The van der Waals surface area contributed by atoms with Crippen LogP contribution in [0, 0.1) is 0 Å². The number of benzene rings is 1. The van der Waals surface area contributed by atoms with Crippen molar-refractivity contribution >= 4 is 5.69 Å². The maximum atomic E-state index is 5.10. The quantitative estimate of drug-likeness (QED) is 0.830. The van der Waals surface area contributed by atoms with Crippen molar-refractivity contribution in [2.75, 3.05) is 5.32 Å². The van der Waals surface area contributed by atoms with E-state index >= 15 is 0 Å². The molecule has 17 heavy (non-hydrogen) atoms. The first-order chi connectivity index (χ1) is 8.16. The monoisotopic (exact) mass is 229 g/mol. The van der Waals surface area contributed by atoms with Crippen LogP contribution in [0.1, 0.15) is 43.9 Å². The fourth-order valence-corrected chi connectivity index (χ4v) is 1.84. The zero-order chi connectivity index (χ0) is 12.3. The molecule has 0 aliphatic rings. The van der Waals surface area contributed by atoms with Crippen LogP contribution in [0.3, 0.4) is 0 Å². The molecule has 2 nitrogen and oxygen atoms in total. The molecule has 2 aromatic rings. The average molecular weight is 229 g/mol. The summed E-state index contributed by atoms with van der Waals surface area (Å²) in [6.07, 6.45) is 3.49. The van der Waals surface area contributed by atoms with Gasteiger partial charge in [0.15, 0.2) is 0 Å². The maximum Gasteiger partial charge on any atom is 0.0955 e. The van der Waals surface area contributed by atoms with E-state index in [-0.39, 0.29) is 6.04 Å². The lowest BCUT2D eigenvalue weighted by molar-refractivity contribution is 0.562. The Bertz CT molecular complexity index is 460. The molecule has 0 spiro atoms. The van der Waals surface area contributed by atoms with Crippen molar-refractivity contribution in [2.24, 2.45) is 0 Å². The van der Waals surface area contributed by atoms with Crippen LogP contribution < -0.4 is 5.32 Å². The molecule has 0 fully saturated rings. The topological polar surface area (TPSA) is 25.2 Å². The Kier molecular flexibility index (Phi) is 3.52. The van der Waals surface area contributed by atoms with Crippen molar-refractivity contribution < 1.29 is 4.42 Å². The van der Waals surface area contributed by atoms with E-state index in [1.165, 1.54) is 11.1 Å². The lowest BCUT2D eigenvalue weighted by atomic mass is 10.0. The lowest BCUT2D eigenvalue weighted by Crippen LogP contribution is -2.05. The molecule has 0 saturated carbocycles. The molecular weight excluding hydrogens is 210 g/mol. The van der Waals surface area contributed by atoms with Crippen LogP contribution in [0.25, 0.3) is 0 Å². The molecule has 0 radical (unpaired) electrons. The van der Waals surface area contributed by atoms with Crippen LogP contribution in [0.2, 0.25) is 0 Å². The third-order valence-corrected chi connectivity index (χ3v) is 2.98. The summed E-state index contributed by atoms with van der Waals surface area (Å²) in [6, 6.07) is 10.8. The molecule has 1 heterocycles. The molecule has 1 N–H and O–H groups in total. The van der Waals surface area contributed by atoms with Gasteiger partial charge in [-0.2, -0.15) is 0 Å². The minimum absolute atomic E-state index is 0.260. The van der Waals surface area contributed by atoms with Gasteiger partial charge in [0.25, 0.3) is 0 Å². The highest BCUT2D eigenvalue weighted by atomic mass is 16.3. The molecule has 1 aromatic carbocycles. The van der Waals surface area contributed by atoms with E-state index in [0.29, 0.717) is 5.92 Å². The van der Waals surface area contributed by atoms with Crippen LogP contribution in [-0.4, -0.2) is 0 Å². The van der Waals surface area contributed by atoms with E-state index in [9.17, 15) is 0 Å². The highest BCUT2D eigenvalue weighted by Crippen LogP contribution is 2.23. The summed E-state index contributed by atoms with van der Waals surface area (Å²) >= 11 is 0. The average Bonchev–Trinajstić information content (AvgIpc) is 2.82. The summed E-state index contributed by atoms with van der Waals surface area (Å²) < 4.78 is 5.10. The number of anilines is 1. The van der Waals surface area contributed by atoms with E-state index in [0.717, 1.165) is 5.69 Å². The highest BCUT2D eigenvalue weighted by molar-refractivity contribution is 5.48. The van der Waals surface area contributed by atoms with Crippen LogP contribution in [0.4, 0.5) is 5.69 Å². The predicted molar refractivity (Wildman–Crippen MR) is 71.3 cm³/mol. The molecule has 2 heteroatoms. The van der Waals surface area contributed by atoms with Gasteiger partial charge in [0.2, 0.25) is 0 Å². The number of rotatable bonds is 4. The number of furan rings is 1. The first-order valence-electron chi connectivity index (χ1n) is 6.05. The molecule has 1 unspecified atom stereocenters. The Morgan fingerprint density at radius 2 is 1.88 bits per heavy atom. The molecule has 1 aromatic heterocycles. The van der Waals surface area contributed by atoms with Crippen molar-refractivity contribution in [3.05, 3.63) is 54.0 Å². The zero-order valence-electron chi connectivity index (χ0n) is 10.6. The van der Waals surface area contributed by atoms with Gasteiger partial charge in [0.1, 0.15) is 0 Å². The molecule has 0 saturated heterocycles. The van der Waals surface area contributed by atoms with Crippen LogP contribution in [0.5, 0.6) is 0 Å². The normalized spacial score (nSPS) is 12.7. The summed E-state index contributed by atoms with van der Waals surface area (Å²) in [5, 5.41) is 3.48. The second-order valence-corrected chi connectivity index (χ2v) is 4.70. The van der Waals surface area contributed by atoms with Gasteiger partial charge in [0, 0.05) is 11.3 Å². The first kappa shape index (κ1) is 11.8. The number of hydrogen-bond donors (Lipinski definition) is 1. The van der Waals surface area contributed by atoms with Crippen molar-refractivity contribution in [1.29, 1.82) is 0 Å². The molecule has 1 atom stereocenters. The van der Waals surface area contributed by atoms with E-state index in [2.05, 4.69) is 50.4 Å². The van der Waals surface area contributed by atoms with Gasteiger partial charge in [-0.1, -0.05) is 26.0 Å². The van der Waals surface area contributed by atoms with Gasteiger partial charge in [-0.15, -0.1) is 0 Å². The maximum absolute atomic E-state index is 5.10. The van der Waals surface area contributed by atoms with E-state index in [1.807, 2.05) is 6.07 Å². The van der Waals surface area contributed by atoms with Gasteiger partial charge in [-0.05, 0) is 36.6 Å². The van der Waals surface area contributed by atoms with Crippen molar-refractivity contribution in [2.45, 2.75) is 32.7 Å². The smallest absolute Gasteiger partial charge is 0.0955 e. The second kappa shape index (κ2) is 5.09. The van der Waals surface area contributed by atoms with E-state index < -0.39 is 0 Å². The molecule has 2 rings (SSSR count). The minimum atomic E-state index is 0.260. The molecule has 0 aliphatic heterocycles. The number of hydrogen-bond acceptors (Lipinski definition) is 2. The fraction of sp³-hybridized carbons (Fsp3) is 0.333. The Labute approximate surface area is 103 Å². The van der Waals surface area contributed by atoms with Crippen molar-refractivity contribution in [3.8, 4) is 0 Å².